The topological polar surface area (TPSA) is 63.9 Å². The Balaban J connectivity index is 2.17. The van der Waals surface area contributed by atoms with Crippen molar-refractivity contribution in [1.82, 2.24) is 15.5 Å². The van der Waals surface area contributed by atoms with Gasteiger partial charge in [-0.25, -0.2) is 0 Å². The van der Waals surface area contributed by atoms with E-state index in [2.05, 4.69) is 15.5 Å². The molecule has 0 aliphatic rings. The standard InChI is InChI=1S/C15H14N4O2/c1-20-13-10-6-9-12(14(13)21-2)19-15(16-17-18-19)11-7-4-3-5-8-11/h3-10H,1-2H3/p+1. The number of nitrogens with one attached hydrogen (secondary N) is 1. The molecule has 2 aromatic carbocycles. The fraction of sp³-hybridized carbons (Fsp3) is 0.133. The molecule has 3 aromatic rings. The van der Waals surface area contributed by atoms with E-state index in [0.717, 1.165) is 11.3 Å². The van der Waals surface area contributed by atoms with Gasteiger partial charge in [-0.15, -0.1) is 4.68 Å². The second-order valence-corrected chi connectivity index (χ2v) is 4.34. The van der Waals surface area contributed by atoms with Gasteiger partial charge in [0.1, 0.15) is 5.10 Å². The Kier molecular flexibility index (Phi) is 3.51. The molecular formula is C15H15N4O2+. The van der Waals surface area contributed by atoms with Crippen LogP contribution in [0.1, 0.15) is 0 Å². The number of tetrazole rings is 1. The molecular weight excluding hydrogens is 268 g/mol. The Hall–Kier alpha value is -2.89. The molecule has 1 aromatic heterocycles. The van der Waals surface area contributed by atoms with Crippen LogP contribution in [0.4, 0.5) is 0 Å². The molecule has 6 heteroatoms. The fourth-order valence-corrected chi connectivity index (χ4v) is 2.19. The SMILES string of the molecule is COc1cccc(-[n+]2[nH]nnc2-c2ccccc2)c1OC. The molecule has 21 heavy (non-hydrogen) atoms. The summed E-state index contributed by atoms with van der Waals surface area (Å²) in [5.74, 6) is 1.96. The average molecular weight is 283 g/mol. The quantitative estimate of drug-likeness (QED) is 0.741. The van der Waals surface area contributed by atoms with Gasteiger partial charge in [0, 0.05) is 0 Å². The molecule has 0 aliphatic heterocycles. The normalized spacial score (nSPS) is 10.4. The van der Waals surface area contributed by atoms with Crippen LogP contribution in [0.25, 0.3) is 17.1 Å². The minimum Gasteiger partial charge on any atom is -0.493 e. The maximum atomic E-state index is 5.46. The number of hydrogen-bond donors (Lipinski definition) is 1. The van der Waals surface area contributed by atoms with Gasteiger partial charge in [-0.05, 0) is 24.3 Å². The molecule has 1 heterocycles. The highest BCUT2D eigenvalue weighted by Gasteiger charge is 2.23. The zero-order chi connectivity index (χ0) is 14.7. The number of benzene rings is 2. The lowest BCUT2D eigenvalue weighted by Crippen LogP contribution is -2.35. The molecule has 106 valence electrons. The maximum absolute atomic E-state index is 5.46. The molecule has 0 saturated heterocycles. The summed E-state index contributed by atoms with van der Waals surface area (Å²) in [7, 11) is 3.21. The summed E-state index contributed by atoms with van der Waals surface area (Å²) < 4.78 is 12.5. The molecule has 0 aliphatic carbocycles. The lowest BCUT2D eigenvalue weighted by atomic mass is 10.2. The smallest absolute Gasteiger partial charge is 0.337 e. The Bertz CT molecular complexity index is 740. The number of methoxy groups -OCH3 is 2. The van der Waals surface area contributed by atoms with E-state index >= 15 is 0 Å². The van der Waals surface area contributed by atoms with Crippen LogP contribution in [0.5, 0.6) is 11.5 Å². The maximum Gasteiger partial charge on any atom is 0.337 e. The van der Waals surface area contributed by atoms with E-state index in [1.165, 1.54) is 0 Å². The number of H-pyrrole nitrogens is 1. The van der Waals surface area contributed by atoms with Crippen molar-refractivity contribution >= 4 is 0 Å². The fourth-order valence-electron chi connectivity index (χ4n) is 2.19. The summed E-state index contributed by atoms with van der Waals surface area (Å²) in [6.45, 7) is 0. The van der Waals surface area contributed by atoms with Crippen LogP contribution >= 0.6 is 0 Å². The van der Waals surface area contributed by atoms with E-state index in [0.29, 0.717) is 17.3 Å². The van der Waals surface area contributed by atoms with Crippen molar-refractivity contribution in [3.05, 3.63) is 48.5 Å². The summed E-state index contributed by atoms with van der Waals surface area (Å²) in [6, 6.07) is 15.5. The minimum atomic E-state index is 0.619. The second kappa shape index (κ2) is 5.62. The van der Waals surface area contributed by atoms with Crippen LogP contribution in [0.2, 0.25) is 0 Å². The largest absolute Gasteiger partial charge is 0.493 e. The number of aromatic amines is 1. The molecule has 0 atom stereocenters. The van der Waals surface area contributed by atoms with Crippen LogP contribution in [0.3, 0.4) is 0 Å². The van der Waals surface area contributed by atoms with E-state index in [4.69, 9.17) is 9.47 Å². The molecule has 0 spiro atoms. The number of aromatic nitrogens is 4. The van der Waals surface area contributed by atoms with Crippen molar-refractivity contribution in [2.45, 2.75) is 0 Å². The Labute approximate surface area is 121 Å². The van der Waals surface area contributed by atoms with Crippen LogP contribution in [-0.4, -0.2) is 29.7 Å². The van der Waals surface area contributed by atoms with Crippen molar-refractivity contribution in [2.75, 3.05) is 14.2 Å². The minimum absolute atomic E-state index is 0.619. The third-order valence-corrected chi connectivity index (χ3v) is 3.16. The zero-order valence-electron chi connectivity index (χ0n) is 11.8. The Morgan fingerprint density at radius 2 is 1.76 bits per heavy atom. The lowest BCUT2D eigenvalue weighted by molar-refractivity contribution is -0.650. The predicted molar refractivity (Wildman–Crippen MR) is 76.5 cm³/mol. The molecule has 0 amide bonds. The van der Waals surface area contributed by atoms with Gasteiger partial charge in [0.25, 0.3) is 0 Å². The van der Waals surface area contributed by atoms with Crippen molar-refractivity contribution in [3.63, 3.8) is 0 Å². The molecule has 0 saturated carbocycles. The number of hydrogen-bond acceptors (Lipinski definition) is 4. The predicted octanol–water partition coefficient (Wildman–Crippen LogP) is 1.77. The monoisotopic (exact) mass is 283 g/mol. The third-order valence-electron chi connectivity index (χ3n) is 3.16. The number of ether oxygens (including phenoxy) is 2. The number of nitrogens with zero attached hydrogens (tertiary/aromatic N) is 3. The average Bonchev–Trinajstić information content (AvgIpc) is 3.04. The van der Waals surface area contributed by atoms with Crippen molar-refractivity contribution in [3.8, 4) is 28.6 Å². The molecule has 1 N–H and O–H groups in total. The second-order valence-electron chi connectivity index (χ2n) is 4.34. The molecule has 6 nitrogen and oxygen atoms in total. The van der Waals surface area contributed by atoms with E-state index in [1.807, 2.05) is 48.5 Å². The first kappa shape index (κ1) is 13.1. The van der Waals surface area contributed by atoms with E-state index in [-0.39, 0.29) is 0 Å². The van der Waals surface area contributed by atoms with Gasteiger partial charge in [-0.3, -0.25) is 0 Å². The molecule has 3 rings (SSSR count). The first-order valence-corrected chi connectivity index (χ1v) is 6.45. The number of rotatable bonds is 4. The first-order chi connectivity index (χ1) is 10.3. The zero-order valence-corrected chi connectivity index (χ0v) is 11.8. The van der Waals surface area contributed by atoms with Crippen LogP contribution in [-0.2, 0) is 0 Å². The Morgan fingerprint density at radius 3 is 2.48 bits per heavy atom. The van der Waals surface area contributed by atoms with E-state index < -0.39 is 0 Å². The highest BCUT2D eigenvalue weighted by molar-refractivity contribution is 5.55. The summed E-state index contributed by atoms with van der Waals surface area (Å²) in [4.78, 5) is 0. The van der Waals surface area contributed by atoms with Crippen molar-refractivity contribution in [2.24, 2.45) is 0 Å². The van der Waals surface area contributed by atoms with Gasteiger partial charge in [0.15, 0.2) is 16.7 Å². The highest BCUT2D eigenvalue weighted by Crippen LogP contribution is 2.31. The molecule has 0 unspecified atom stereocenters. The molecule has 0 bridgehead atoms. The van der Waals surface area contributed by atoms with Crippen molar-refractivity contribution < 1.29 is 14.2 Å². The highest BCUT2D eigenvalue weighted by atomic mass is 16.5. The Morgan fingerprint density at radius 1 is 0.952 bits per heavy atom. The third kappa shape index (κ3) is 2.31. The van der Waals surface area contributed by atoms with Gasteiger partial charge < -0.3 is 9.47 Å². The van der Waals surface area contributed by atoms with E-state index in [1.54, 1.807) is 18.9 Å². The van der Waals surface area contributed by atoms with Crippen LogP contribution in [0.15, 0.2) is 48.5 Å². The van der Waals surface area contributed by atoms with Gasteiger partial charge >= 0.3 is 5.82 Å². The van der Waals surface area contributed by atoms with Gasteiger partial charge in [-0.2, -0.15) is 0 Å². The van der Waals surface area contributed by atoms with Crippen LogP contribution in [0, 0.1) is 0 Å². The first-order valence-electron chi connectivity index (χ1n) is 6.45. The van der Waals surface area contributed by atoms with Gasteiger partial charge in [-0.1, -0.05) is 29.5 Å². The lowest BCUT2D eigenvalue weighted by Gasteiger charge is -2.10. The summed E-state index contributed by atoms with van der Waals surface area (Å²) in [6.07, 6.45) is 0. The summed E-state index contributed by atoms with van der Waals surface area (Å²) in [5.41, 5.74) is 1.73. The van der Waals surface area contributed by atoms with E-state index in [9.17, 15) is 0 Å². The summed E-state index contributed by atoms with van der Waals surface area (Å²) in [5, 5.41) is 10.9. The molecule has 0 fully saturated rings. The van der Waals surface area contributed by atoms with Crippen molar-refractivity contribution in [1.29, 1.82) is 0 Å². The molecule has 0 radical (unpaired) electrons. The number of para-hydroxylation sites is 1. The van der Waals surface area contributed by atoms with Gasteiger partial charge in [0.2, 0.25) is 5.75 Å². The van der Waals surface area contributed by atoms with Gasteiger partial charge in [0.05, 0.1) is 19.8 Å². The summed E-state index contributed by atoms with van der Waals surface area (Å²) >= 11 is 0. The van der Waals surface area contributed by atoms with Crippen LogP contribution < -0.4 is 14.2 Å².